The van der Waals surface area contributed by atoms with Gasteiger partial charge >= 0.3 is 7.12 Å². The Kier molecular flexibility index (Phi) is 2.13. The quantitative estimate of drug-likeness (QED) is 0.563. The highest BCUT2D eigenvalue weighted by Gasteiger charge is 2.16. The van der Waals surface area contributed by atoms with Crippen molar-refractivity contribution in [1.82, 2.24) is 0 Å². The standard InChI is InChI=1S/C6H9BO2S/c1-4-3-10-6(5(4)2)7(8)9/h3,8-9H,1-2H3. The van der Waals surface area contributed by atoms with Crippen molar-refractivity contribution in [3.05, 3.63) is 16.5 Å². The van der Waals surface area contributed by atoms with Crippen molar-refractivity contribution in [3.8, 4) is 0 Å². The normalized spacial score (nSPS) is 10.0. The Bertz CT molecular complexity index is 232. The zero-order valence-corrected chi connectivity index (χ0v) is 6.77. The molecule has 54 valence electrons. The second-order valence-corrected chi connectivity index (χ2v) is 3.19. The van der Waals surface area contributed by atoms with Crippen molar-refractivity contribution in [3.63, 3.8) is 0 Å². The molecular weight excluding hydrogens is 147 g/mol. The molecule has 4 heteroatoms. The summed E-state index contributed by atoms with van der Waals surface area (Å²) in [6.45, 7) is 3.85. The Hall–Kier alpha value is -0.315. The topological polar surface area (TPSA) is 40.5 Å². The first-order valence-corrected chi connectivity index (χ1v) is 3.91. The summed E-state index contributed by atoms with van der Waals surface area (Å²) in [5.41, 5.74) is 2.10. The van der Waals surface area contributed by atoms with E-state index in [1.165, 1.54) is 11.3 Å². The summed E-state index contributed by atoms with van der Waals surface area (Å²) < 4.78 is 0.650. The van der Waals surface area contributed by atoms with Crippen LogP contribution < -0.4 is 4.78 Å². The maximum absolute atomic E-state index is 8.78. The van der Waals surface area contributed by atoms with E-state index < -0.39 is 7.12 Å². The van der Waals surface area contributed by atoms with Crippen molar-refractivity contribution in [2.24, 2.45) is 0 Å². The second-order valence-electron chi connectivity index (χ2n) is 2.28. The first-order chi connectivity index (χ1) is 4.63. The third-order valence-corrected chi connectivity index (χ3v) is 2.80. The summed E-state index contributed by atoms with van der Waals surface area (Å²) in [4.78, 5) is 0. The first kappa shape index (κ1) is 7.79. The van der Waals surface area contributed by atoms with Gasteiger partial charge in [0.2, 0.25) is 0 Å². The monoisotopic (exact) mass is 156 g/mol. The van der Waals surface area contributed by atoms with Gasteiger partial charge in [0, 0.05) is 4.78 Å². The third kappa shape index (κ3) is 1.23. The SMILES string of the molecule is Cc1csc(B(O)O)c1C. The molecule has 0 aliphatic heterocycles. The van der Waals surface area contributed by atoms with Crippen LogP contribution in [0.1, 0.15) is 11.1 Å². The highest BCUT2D eigenvalue weighted by molar-refractivity contribution is 7.20. The Balaban J connectivity index is 3.05. The Labute approximate surface area is 64.3 Å². The van der Waals surface area contributed by atoms with E-state index in [-0.39, 0.29) is 0 Å². The zero-order valence-electron chi connectivity index (χ0n) is 5.96. The van der Waals surface area contributed by atoms with E-state index in [9.17, 15) is 0 Å². The van der Waals surface area contributed by atoms with Crippen LogP contribution in [-0.2, 0) is 0 Å². The van der Waals surface area contributed by atoms with Gasteiger partial charge in [0.25, 0.3) is 0 Å². The molecule has 0 saturated carbocycles. The molecule has 0 radical (unpaired) electrons. The summed E-state index contributed by atoms with van der Waals surface area (Å²) in [7, 11) is -1.31. The van der Waals surface area contributed by atoms with Gasteiger partial charge in [-0.3, -0.25) is 0 Å². The number of hydrogen-bond donors (Lipinski definition) is 2. The van der Waals surface area contributed by atoms with Gasteiger partial charge in [0.15, 0.2) is 0 Å². The number of hydrogen-bond acceptors (Lipinski definition) is 3. The van der Waals surface area contributed by atoms with Crippen LogP contribution in [-0.4, -0.2) is 17.2 Å². The van der Waals surface area contributed by atoms with Crippen molar-refractivity contribution in [2.75, 3.05) is 0 Å². The van der Waals surface area contributed by atoms with E-state index in [1.807, 2.05) is 19.2 Å². The predicted molar refractivity (Wildman–Crippen MR) is 43.6 cm³/mol. The van der Waals surface area contributed by atoms with Crippen molar-refractivity contribution in [2.45, 2.75) is 13.8 Å². The molecule has 0 saturated heterocycles. The van der Waals surface area contributed by atoms with E-state index in [4.69, 9.17) is 10.0 Å². The van der Waals surface area contributed by atoms with Crippen molar-refractivity contribution in [1.29, 1.82) is 0 Å². The molecule has 0 spiro atoms. The van der Waals surface area contributed by atoms with Crippen LogP contribution in [0.15, 0.2) is 5.38 Å². The molecule has 0 unspecified atom stereocenters. The van der Waals surface area contributed by atoms with E-state index in [1.54, 1.807) is 0 Å². The molecule has 0 aliphatic carbocycles. The van der Waals surface area contributed by atoms with Crippen LogP contribution in [0.4, 0.5) is 0 Å². The van der Waals surface area contributed by atoms with Crippen LogP contribution in [0.5, 0.6) is 0 Å². The molecule has 0 aliphatic rings. The van der Waals surface area contributed by atoms with E-state index in [0.29, 0.717) is 4.78 Å². The smallest absolute Gasteiger partial charge is 0.423 e. The molecule has 0 aromatic carbocycles. The van der Waals surface area contributed by atoms with Gasteiger partial charge < -0.3 is 10.0 Å². The molecule has 1 aromatic heterocycles. The van der Waals surface area contributed by atoms with Gasteiger partial charge in [-0.05, 0) is 30.4 Å². The highest BCUT2D eigenvalue weighted by atomic mass is 32.1. The molecule has 0 fully saturated rings. The fourth-order valence-corrected chi connectivity index (χ4v) is 1.72. The van der Waals surface area contributed by atoms with E-state index in [2.05, 4.69) is 0 Å². The van der Waals surface area contributed by atoms with E-state index in [0.717, 1.165) is 11.1 Å². The minimum absolute atomic E-state index is 0.650. The zero-order chi connectivity index (χ0) is 7.72. The molecule has 0 atom stereocenters. The molecule has 0 amide bonds. The number of rotatable bonds is 1. The van der Waals surface area contributed by atoms with Gasteiger partial charge in [0.05, 0.1) is 0 Å². The highest BCUT2D eigenvalue weighted by Crippen LogP contribution is 2.09. The molecule has 1 heterocycles. The molecule has 1 rings (SSSR count). The van der Waals surface area contributed by atoms with Gasteiger partial charge in [-0.25, -0.2) is 0 Å². The van der Waals surface area contributed by atoms with Crippen LogP contribution in [0.2, 0.25) is 0 Å². The lowest BCUT2D eigenvalue weighted by Gasteiger charge is -1.95. The summed E-state index contributed by atoms with van der Waals surface area (Å²) >= 11 is 1.38. The molecule has 1 aromatic rings. The Morgan fingerprint density at radius 1 is 1.40 bits per heavy atom. The Morgan fingerprint density at radius 3 is 2.20 bits per heavy atom. The van der Waals surface area contributed by atoms with Crippen LogP contribution in [0, 0.1) is 13.8 Å². The fourth-order valence-electron chi connectivity index (χ4n) is 0.777. The maximum Gasteiger partial charge on any atom is 0.499 e. The summed E-state index contributed by atoms with van der Waals surface area (Å²) in [5, 5.41) is 19.5. The fraction of sp³-hybridized carbons (Fsp3) is 0.333. The molecule has 2 N–H and O–H groups in total. The number of thiophene rings is 1. The predicted octanol–water partition coefficient (Wildman–Crippen LogP) is 0.0447. The van der Waals surface area contributed by atoms with Gasteiger partial charge in [-0.1, -0.05) is 0 Å². The van der Waals surface area contributed by atoms with Gasteiger partial charge in [-0.2, -0.15) is 11.3 Å². The largest absolute Gasteiger partial charge is 0.499 e. The molecule has 2 nitrogen and oxygen atoms in total. The first-order valence-electron chi connectivity index (χ1n) is 3.03. The molecule has 0 bridgehead atoms. The summed E-state index contributed by atoms with van der Waals surface area (Å²) in [6, 6.07) is 0. The summed E-state index contributed by atoms with van der Waals surface area (Å²) in [6.07, 6.45) is 0. The second kappa shape index (κ2) is 2.74. The maximum atomic E-state index is 8.78. The van der Waals surface area contributed by atoms with Gasteiger partial charge in [-0.15, -0.1) is 0 Å². The lowest BCUT2D eigenvalue weighted by Crippen LogP contribution is -2.28. The average molecular weight is 156 g/mol. The number of aryl methyl sites for hydroxylation is 1. The average Bonchev–Trinajstić information content (AvgIpc) is 2.14. The van der Waals surface area contributed by atoms with Crippen molar-refractivity contribution < 1.29 is 10.0 Å². The molecule has 10 heavy (non-hydrogen) atoms. The lowest BCUT2D eigenvalue weighted by molar-refractivity contribution is 0.426. The van der Waals surface area contributed by atoms with E-state index >= 15 is 0 Å². The van der Waals surface area contributed by atoms with Crippen molar-refractivity contribution >= 4 is 23.2 Å². The molecular formula is C6H9BO2S. The minimum atomic E-state index is -1.31. The Morgan fingerprint density at radius 2 is 2.00 bits per heavy atom. The van der Waals surface area contributed by atoms with Crippen LogP contribution in [0.25, 0.3) is 0 Å². The van der Waals surface area contributed by atoms with Gasteiger partial charge in [0.1, 0.15) is 0 Å². The minimum Gasteiger partial charge on any atom is -0.423 e. The van der Waals surface area contributed by atoms with Crippen LogP contribution in [0.3, 0.4) is 0 Å². The summed E-state index contributed by atoms with van der Waals surface area (Å²) in [5.74, 6) is 0. The lowest BCUT2D eigenvalue weighted by atomic mass is 9.86. The van der Waals surface area contributed by atoms with Crippen LogP contribution >= 0.6 is 11.3 Å². The third-order valence-electron chi connectivity index (χ3n) is 1.56.